The van der Waals surface area contributed by atoms with E-state index in [1.54, 1.807) is 0 Å². The summed E-state index contributed by atoms with van der Waals surface area (Å²) in [5.74, 6) is 0. The molecule has 0 aliphatic heterocycles. The van der Waals surface area contributed by atoms with E-state index in [0.717, 1.165) is 0 Å². The Morgan fingerprint density at radius 2 is 1.24 bits per heavy atom. The van der Waals surface area contributed by atoms with Crippen molar-refractivity contribution in [1.82, 2.24) is 0 Å². The molecule has 0 N–H and O–H groups in total. The summed E-state index contributed by atoms with van der Waals surface area (Å²) < 4.78 is 6.49. The van der Waals surface area contributed by atoms with E-state index >= 15 is 0 Å². The maximum absolute atomic E-state index is 2.94. The Bertz CT molecular complexity index is 1080. The van der Waals surface area contributed by atoms with Gasteiger partial charge in [0.15, 0.2) is 0 Å². The van der Waals surface area contributed by atoms with Crippen molar-refractivity contribution in [3.63, 3.8) is 0 Å². The molecule has 0 saturated carbocycles. The normalized spacial score (nSPS) is 17.9. The average Bonchev–Trinajstić information content (AvgIpc) is 3.41. The molecule has 5 rings (SSSR count). The third-order valence-corrected chi connectivity index (χ3v) is 18.3. The van der Waals surface area contributed by atoms with Crippen molar-refractivity contribution in [1.29, 1.82) is 0 Å². The van der Waals surface area contributed by atoms with Crippen LogP contribution in [0.5, 0.6) is 0 Å². The van der Waals surface area contributed by atoms with Gasteiger partial charge in [-0.05, 0) is 0 Å². The molecule has 142 valence electrons. The summed E-state index contributed by atoms with van der Waals surface area (Å²) in [7, 11) is 0. The molecule has 1 unspecified atom stereocenters. The van der Waals surface area contributed by atoms with Crippen LogP contribution in [0.4, 0.5) is 0 Å². The molecule has 0 radical (unpaired) electrons. The van der Waals surface area contributed by atoms with Gasteiger partial charge in [0.25, 0.3) is 0 Å². The van der Waals surface area contributed by atoms with Gasteiger partial charge in [0.1, 0.15) is 0 Å². The molecule has 0 aromatic heterocycles. The van der Waals surface area contributed by atoms with Gasteiger partial charge >= 0.3 is 179 Å². The second-order valence-corrected chi connectivity index (χ2v) is 18.9. The number of hydrogen-bond donors (Lipinski definition) is 0. The molecule has 0 heterocycles. The summed E-state index contributed by atoms with van der Waals surface area (Å²) in [6.07, 6.45) is 9.40. The van der Waals surface area contributed by atoms with E-state index in [-0.39, 0.29) is 0 Å². The predicted molar refractivity (Wildman–Crippen MR) is 122 cm³/mol. The average molecular weight is 454 g/mol. The molecule has 2 aliphatic carbocycles. The molecule has 0 spiro atoms. The fourth-order valence-electron chi connectivity index (χ4n) is 5.30. The van der Waals surface area contributed by atoms with E-state index in [1.807, 2.05) is 0 Å². The predicted octanol–water partition coefficient (Wildman–Crippen LogP) is 7.93. The Balaban J connectivity index is 1.73. The van der Waals surface area contributed by atoms with Gasteiger partial charge in [0.2, 0.25) is 0 Å². The van der Waals surface area contributed by atoms with Crippen LogP contribution < -0.4 is 0 Å². The van der Waals surface area contributed by atoms with E-state index in [1.165, 1.54) is 33.4 Å². The molecule has 0 amide bonds. The van der Waals surface area contributed by atoms with Gasteiger partial charge in [0, 0.05) is 0 Å². The molecular weight excluding hydrogens is 428 g/mol. The van der Waals surface area contributed by atoms with Crippen LogP contribution in [0.25, 0.3) is 16.7 Å². The SMILES string of the molecule is CC(=[CH][Zr]([CH3])([CH]1C=CC=C1)[CH]1c2ccccc2-c2ccccc21)c1ccccc1. The van der Waals surface area contributed by atoms with Crippen molar-refractivity contribution in [3.8, 4) is 11.1 Å². The van der Waals surface area contributed by atoms with Crippen molar-refractivity contribution in [2.45, 2.75) is 18.8 Å². The van der Waals surface area contributed by atoms with Gasteiger partial charge in [0.05, 0.1) is 0 Å². The molecule has 0 nitrogen and oxygen atoms in total. The number of benzene rings is 3. The van der Waals surface area contributed by atoms with E-state index in [4.69, 9.17) is 0 Å². The first kappa shape index (κ1) is 18.8. The minimum atomic E-state index is -2.94. The molecular formula is C28H26Zr. The Morgan fingerprint density at radius 1 is 0.724 bits per heavy atom. The van der Waals surface area contributed by atoms with Crippen LogP contribution in [0, 0.1) is 0 Å². The zero-order valence-corrected chi connectivity index (χ0v) is 19.5. The molecule has 0 saturated heterocycles. The van der Waals surface area contributed by atoms with Gasteiger partial charge in [-0.2, -0.15) is 0 Å². The van der Waals surface area contributed by atoms with Crippen molar-refractivity contribution in [3.05, 3.63) is 124 Å². The van der Waals surface area contributed by atoms with Crippen LogP contribution >= 0.6 is 0 Å². The Kier molecular flexibility index (Phi) is 4.88. The van der Waals surface area contributed by atoms with Gasteiger partial charge in [-0.25, -0.2) is 0 Å². The third kappa shape index (κ3) is 3.17. The van der Waals surface area contributed by atoms with Crippen LogP contribution in [0.15, 0.2) is 107 Å². The Morgan fingerprint density at radius 3 is 1.83 bits per heavy atom. The first-order chi connectivity index (χ1) is 14.2. The second kappa shape index (κ2) is 7.54. The molecule has 1 heteroatoms. The zero-order valence-electron chi connectivity index (χ0n) is 17.0. The number of rotatable bonds is 4. The summed E-state index contributed by atoms with van der Waals surface area (Å²) in [5.41, 5.74) is 8.73. The first-order valence-electron chi connectivity index (χ1n) is 10.5. The summed E-state index contributed by atoms with van der Waals surface area (Å²) in [5, 5.41) is 0. The molecule has 1 atom stereocenters. The van der Waals surface area contributed by atoms with Gasteiger partial charge in [-0.15, -0.1) is 0 Å². The number of allylic oxidation sites excluding steroid dienone is 5. The summed E-state index contributed by atoms with van der Waals surface area (Å²) in [6, 6.07) is 29.1. The monoisotopic (exact) mass is 452 g/mol. The third-order valence-electron chi connectivity index (χ3n) is 6.68. The first-order valence-corrected chi connectivity index (χ1v) is 17.2. The van der Waals surface area contributed by atoms with Crippen molar-refractivity contribution >= 4 is 5.57 Å². The van der Waals surface area contributed by atoms with Gasteiger partial charge in [-0.3, -0.25) is 0 Å². The maximum atomic E-state index is 2.73. The molecule has 0 bridgehead atoms. The number of fused-ring (bicyclic) bond motifs is 3. The molecule has 0 fully saturated rings. The topological polar surface area (TPSA) is 0 Å². The Hall–Kier alpha value is -2.24. The van der Waals surface area contributed by atoms with E-state index < -0.39 is 20.3 Å². The van der Waals surface area contributed by atoms with E-state index in [2.05, 4.69) is 119 Å². The van der Waals surface area contributed by atoms with Crippen LogP contribution in [0.1, 0.15) is 27.2 Å². The summed E-state index contributed by atoms with van der Waals surface area (Å²) >= 11 is -2.94. The fourth-order valence-corrected chi connectivity index (χ4v) is 16.9. The standard InChI is InChI=1S/C13H9.C9H9.C5H5.CH3.Zr/c1-3-7-12-10(5-1)9-11-6-2-4-8-13(11)12;1-8(2)9-6-4-3-5-7-9;1-2-4-5-3-1;;/h1-9H;1,3-7H,2H3;1-5H;1H3;. The van der Waals surface area contributed by atoms with Crippen LogP contribution in [0.3, 0.4) is 0 Å². The fraction of sp³-hybridized carbons (Fsp3) is 0.143. The second-order valence-electron chi connectivity index (χ2n) is 8.46. The van der Waals surface area contributed by atoms with Crippen LogP contribution in [-0.4, -0.2) is 0 Å². The zero-order chi connectivity index (χ0) is 19.8. The van der Waals surface area contributed by atoms with Crippen LogP contribution in [-0.2, 0) is 20.3 Å². The van der Waals surface area contributed by atoms with Gasteiger partial charge in [-0.1, -0.05) is 0 Å². The quantitative estimate of drug-likeness (QED) is 0.376. The van der Waals surface area contributed by atoms with Gasteiger partial charge < -0.3 is 0 Å². The summed E-state index contributed by atoms with van der Waals surface area (Å²) in [4.78, 5) is 0. The summed E-state index contributed by atoms with van der Waals surface area (Å²) in [6.45, 7) is 2.31. The van der Waals surface area contributed by atoms with Crippen molar-refractivity contribution in [2.75, 3.05) is 0 Å². The molecule has 29 heavy (non-hydrogen) atoms. The minimum absolute atomic E-state index is 0.535. The van der Waals surface area contributed by atoms with Crippen molar-refractivity contribution in [2.24, 2.45) is 0 Å². The Labute approximate surface area is 178 Å². The van der Waals surface area contributed by atoms with E-state index in [9.17, 15) is 0 Å². The molecule has 3 aromatic carbocycles. The van der Waals surface area contributed by atoms with Crippen LogP contribution in [0.2, 0.25) is 8.26 Å². The molecule has 2 aliphatic rings. The number of hydrogen-bond acceptors (Lipinski definition) is 0. The van der Waals surface area contributed by atoms with E-state index in [0.29, 0.717) is 7.25 Å². The van der Waals surface area contributed by atoms with Crippen molar-refractivity contribution < 1.29 is 20.3 Å². The molecule has 3 aromatic rings.